The fraction of sp³-hybridized carbons (Fsp3) is 0.353. The minimum atomic E-state index is -0.353. The van der Waals surface area contributed by atoms with Crippen molar-refractivity contribution in [3.05, 3.63) is 46.6 Å². The number of benzene rings is 1. The molecule has 1 N–H and O–H groups in total. The molecule has 1 aromatic carbocycles. The summed E-state index contributed by atoms with van der Waals surface area (Å²) in [5.74, 6) is 0.746. The maximum absolute atomic E-state index is 12.2. The highest BCUT2D eigenvalue weighted by atomic mass is 16.5. The summed E-state index contributed by atoms with van der Waals surface area (Å²) in [6, 6.07) is 6.54. The maximum Gasteiger partial charge on any atom is 0.253 e. The molecule has 7 heteroatoms. The Balaban J connectivity index is 2.12. The summed E-state index contributed by atoms with van der Waals surface area (Å²) in [7, 11) is 3.05. The van der Waals surface area contributed by atoms with Crippen LogP contribution in [-0.2, 0) is 17.8 Å². The first-order chi connectivity index (χ1) is 11.6. The number of aromatic nitrogens is 2. The molecule has 0 saturated carbocycles. The molecule has 0 unspecified atom stereocenters. The first kappa shape index (κ1) is 17.5. The highest BCUT2D eigenvalue weighted by molar-refractivity contribution is 5.92. The van der Waals surface area contributed by atoms with E-state index in [0.717, 1.165) is 18.5 Å². The lowest BCUT2D eigenvalue weighted by molar-refractivity contribution is -0.116. The van der Waals surface area contributed by atoms with E-state index in [4.69, 9.17) is 9.47 Å². The van der Waals surface area contributed by atoms with Crippen molar-refractivity contribution in [1.29, 1.82) is 0 Å². The van der Waals surface area contributed by atoms with E-state index in [-0.39, 0.29) is 18.0 Å². The number of amides is 1. The lowest BCUT2D eigenvalue weighted by Gasteiger charge is -2.12. The standard InChI is InChI=1S/C17H21N3O4/c1-4-5-12-8-17(22)20(11-18-12)10-16(21)19-14-9-13(23-2)6-7-15(14)24-3/h6-9,11H,4-5,10H2,1-3H3,(H,19,21). The Morgan fingerprint density at radius 2 is 2.04 bits per heavy atom. The SMILES string of the molecule is CCCc1cc(=O)n(CC(=O)Nc2cc(OC)ccc2OC)cn1. The Labute approximate surface area is 140 Å². The van der Waals surface area contributed by atoms with Crippen molar-refractivity contribution < 1.29 is 14.3 Å². The van der Waals surface area contributed by atoms with Gasteiger partial charge >= 0.3 is 0 Å². The first-order valence-corrected chi connectivity index (χ1v) is 7.64. The van der Waals surface area contributed by atoms with Gasteiger partial charge in [0.2, 0.25) is 5.91 Å². The van der Waals surface area contributed by atoms with Gasteiger partial charge in [-0.05, 0) is 18.6 Å². The summed E-state index contributed by atoms with van der Waals surface area (Å²) in [6.07, 6.45) is 3.05. The summed E-state index contributed by atoms with van der Waals surface area (Å²) in [6.45, 7) is 1.89. The van der Waals surface area contributed by atoms with Gasteiger partial charge in [-0.3, -0.25) is 14.2 Å². The molecule has 0 aliphatic rings. The van der Waals surface area contributed by atoms with Crippen molar-refractivity contribution in [2.75, 3.05) is 19.5 Å². The van der Waals surface area contributed by atoms with Crippen LogP contribution >= 0.6 is 0 Å². The number of hydrogen-bond donors (Lipinski definition) is 1. The molecule has 1 aromatic heterocycles. The highest BCUT2D eigenvalue weighted by Crippen LogP contribution is 2.28. The number of hydrogen-bond acceptors (Lipinski definition) is 5. The molecule has 1 heterocycles. The maximum atomic E-state index is 12.2. The Kier molecular flexibility index (Phi) is 5.95. The smallest absolute Gasteiger partial charge is 0.253 e. The lowest BCUT2D eigenvalue weighted by atomic mass is 10.2. The van der Waals surface area contributed by atoms with Gasteiger partial charge in [-0.1, -0.05) is 13.3 Å². The van der Waals surface area contributed by atoms with Crippen molar-refractivity contribution in [1.82, 2.24) is 9.55 Å². The molecule has 24 heavy (non-hydrogen) atoms. The molecular formula is C17H21N3O4. The van der Waals surface area contributed by atoms with Crippen molar-refractivity contribution in [2.24, 2.45) is 0 Å². The molecule has 0 bridgehead atoms. The first-order valence-electron chi connectivity index (χ1n) is 7.64. The molecule has 128 valence electrons. The summed E-state index contributed by atoms with van der Waals surface area (Å²) < 4.78 is 11.6. The van der Waals surface area contributed by atoms with Crippen LogP contribution in [0.1, 0.15) is 19.0 Å². The largest absolute Gasteiger partial charge is 0.497 e. The Morgan fingerprint density at radius 1 is 1.25 bits per heavy atom. The zero-order valence-corrected chi connectivity index (χ0v) is 14.0. The zero-order chi connectivity index (χ0) is 17.5. The van der Waals surface area contributed by atoms with Crippen LogP contribution in [0.2, 0.25) is 0 Å². The van der Waals surface area contributed by atoms with Crippen LogP contribution in [0.15, 0.2) is 35.4 Å². The number of aryl methyl sites for hydroxylation is 1. The molecule has 2 aromatic rings. The number of carbonyl (C=O) groups excluding carboxylic acids is 1. The number of nitrogens with zero attached hydrogens (tertiary/aromatic N) is 2. The van der Waals surface area contributed by atoms with Crippen molar-refractivity contribution in [3.63, 3.8) is 0 Å². The zero-order valence-electron chi connectivity index (χ0n) is 14.0. The Bertz CT molecular complexity index is 771. The third-order valence-corrected chi connectivity index (χ3v) is 3.44. The van der Waals surface area contributed by atoms with E-state index < -0.39 is 0 Å². The van der Waals surface area contributed by atoms with Crippen molar-refractivity contribution >= 4 is 11.6 Å². The molecule has 0 radical (unpaired) electrons. The molecule has 7 nitrogen and oxygen atoms in total. The number of anilines is 1. The van der Waals surface area contributed by atoms with Crippen molar-refractivity contribution in [3.8, 4) is 11.5 Å². The third kappa shape index (κ3) is 4.34. The fourth-order valence-electron chi connectivity index (χ4n) is 2.23. The second kappa shape index (κ2) is 8.14. The third-order valence-electron chi connectivity index (χ3n) is 3.44. The highest BCUT2D eigenvalue weighted by Gasteiger charge is 2.11. The normalized spacial score (nSPS) is 10.3. The summed E-state index contributed by atoms with van der Waals surface area (Å²) in [5, 5.41) is 2.72. The van der Waals surface area contributed by atoms with E-state index in [0.29, 0.717) is 17.2 Å². The van der Waals surface area contributed by atoms with E-state index in [9.17, 15) is 9.59 Å². The average Bonchev–Trinajstić information content (AvgIpc) is 2.57. The van der Waals surface area contributed by atoms with E-state index in [1.54, 1.807) is 18.2 Å². The molecule has 0 fully saturated rings. The summed E-state index contributed by atoms with van der Waals surface area (Å²) in [4.78, 5) is 28.4. The van der Waals surface area contributed by atoms with Gasteiger partial charge in [0.1, 0.15) is 18.0 Å². The van der Waals surface area contributed by atoms with E-state index >= 15 is 0 Å². The molecular weight excluding hydrogens is 310 g/mol. The van der Waals surface area contributed by atoms with Crippen LogP contribution < -0.4 is 20.3 Å². The number of ether oxygens (including phenoxy) is 2. The van der Waals surface area contributed by atoms with Crippen LogP contribution in [-0.4, -0.2) is 29.7 Å². The second-order valence-electron chi connectivity index (χ2n) is 5.21. The van der Waals surface area contributed by atoms with Gasteiger partial charge in [-0.25, -0.2) is 4.98 Å². The molecule has 0 atom stereocenters. The monoisotopic (exact) mass is 331 g/mol. The summed E-state index contributed by atoms with van der Waals surface area (Å²) >= 11 is 0. The Morgan fingerprint density at radius 3 is 2.67 bits per heavy atom. The second-order valence-corrected chi connectivity index (χ2v) is 5.21. The van der Waals surface area contributed by atoms with Gasteiger partial charge in [0.05, 0.1) is 26.2 Å². The van der Waals surface area contributed by atoms with Crippen LogP contribution in [0.5, 0.6) is 11.5 Å². The quantitative estimate of drug-likeness (QED) is 0.837. The number of methoxy groups -OCH3 is 2. The van der Waals surface area contributed by atoms with Crippen LogP contribution in [0.25, 0.3) is 0 Å². The Hall–Kier alpha value is -2.83. The predicted octanol–water partition coefficient (Wildman–Crippen LogP) is 1.85. The molecule has 0 spiro atoms. The minimum Gasteiger partial charge on any atom is -0.497 e. The van der Waals surface area contributed by atoms with Crippen LogP contribution in [0.3, 0.4) is 0 Å². The van der Waals surface area contributed by atoms with Gasteiger partial charge in [0.15, 0.2) is 0 Å². The van der Waals surface area contributed by atoms with Gasteiger partial charge in [-0.2, -0.15) is 0 Å². The van der Waals surface area contributed by atoms with Gasteiger partial charge < -0.3 is 14.8 Å². The molecule has 0 aliphatic carbocycles. The topological polar surface area (TPSA) is 82.5 Å². The molecule has 0 aliphatic heterocycles. The average molecular weight is 331 g/mol. The minimum absolute atomic E-state index is 0.126. The van der Waals surface area contributed by atoms with Gasteiger partial charge in [-0.15, -0.1) is 0 Å². The van der Waals surface area contributed by atoms with E-state index in [1.165, 1.54) is 31.2 Å². The molecule has 0 saturated heterocycles. The number of rotatable bonds is 7. The van der Waals surface area contributed by atoms with E-state index in [1.807, 2.05) is 6.92 Å². The van der Waals surface area contributed by atoms with Crippen molar-refractivity contribution in [2.45, 2.75) is 26.3 Å². The predicted molar refractivity (Wildman–Crippen MR) is 90.7 cm³/mol. The molecule has 1 amide bonds. The fourth-order valence-corrected chi connectivity index (χ4v) is 2.23. The van der Waals surface area contributed by atoms with Crippen LogP contribution in [0.4, 0.5) is 5.69 Å². The van der Waals surface area contributed by atoms with E-state index in [2.05, 4.69) is 10.3 Å². The van der Waals surface area contributed by atoms with Gasteiger partial charge in [0, 0.05) is 17.8 Å². The number of carbonyl (C=O) groups is 1. The number of nitrogens with one attached hydrogen (secondary N) is 1. The summed E-state index contributed by atoms with van der Waals surface area (Å²) in [5.41, 5.74) is 0.959. The van der Waals surface area contributed by atoms with Crippen LogP contribution in [0, 0.1) is 0 Å². The molecule has 2 rings (SSSR count). The lowest BCUT2D eigenvalue weighted by Crippen LogP contribution is -2.28. The van der Waals surface area contributed by atoms with Gasteiger partial charge in [0.25, 0.3) is 5.56 Å².